The van der Waals surface area contributed by atoms with Crippen LogP contribution in [-0.2, 0) is 9.47 Å². The lowest BCUT2D eigenvalue weighted by Crippen LogP contribution is -2.44. The van der Waals surface area contributed by atoms with Crippen molar-refractivity contribution in [2.45, 2.75) is 59.1 Å². The number of carbonyl (C=O) groups excluding carboxylic acids is 2. The minimum atomic E-state index is -0.484. The molecule has 1 aliphatic heterocycles. The molecular formula is C21H31ClN2O4. The van der Waals surface area contributed by atoms with Crippen molar-refractivity contribution in [1.29, 1.82) is 0 Å². The van der Waals surface area contributed by atoms with Crippen LogP contribution in [0.5, 0.6) is 0 Å². The van der Waals surface area contributed by atoms with Gasteiger partial charge in [-0.25, -0.2) is 9.59 Å². The van der Waals surface area contributed by atoms with Gasteiger partial charge < -0.3 is 19.7 Å². The van der Waals surface area contributed by atoms with Crippen LogP contribution in [0.1, 0.15) is 56.5 Å². The average molecular weight is 411 g/mol. The van der Waals surface area contributed by atoms with E-state index in [4.69, 9.17) is 21.1 Å². The van der Waals surface area contributed by atoms with E-state index in [9.17, 15) is 9.59 Å². The van der Waals surface area contributed by atoms with Crippen LogP contribution in [0.15, 0.2) is 12.1 Å². The Balaban J connectivity index is 1.99. The first-order valence-electron chi connectivity index (χ1n) is 9.64. The van der Waals surface area contributed by atoms with Crippen molar-refractivity contribution in [3.8, 4) is 0 Å². The molecule has 0 saturated carbocycles. The smallest absolute Gasteiger partial charge is 0.410 e. The molecule has 1 atom stereocenters. The number of aryl methyl sites for hydroxylation is 1. The number of esters is 1. The molecule has 156 valence electrons. The van der Waals surface area contributed by atoms with Crippen LogP contribution in [0.2, 0.25) is 5.02 Å². The standard InChI is InChI=1S/C21H31ClN2O4/c1-13-11-16(19(25)27-6)12-17(18(13)22)23-14(2)15-7-9-24(10-8-15)20(26)28-21(3,4)5/h11-12,14-15,23H,7-10H2,1-6H3. The number of methoxy groups -OCH3 is 1. The highest BCUT2D eigenvalue weighted by Crippen LogP contribution is 2.31. The number of rotatable bonds is 4. The summed E-state index contributed by atoms with van der Waals surface area (Å²) in [4.78, 5) is 25.9. The zero-order valence-corrected chi connectivity index (χ0v) is 18.4. The Labute approximate surface area is 172 Å². The normalized spacial score (nSPS) is 16.5. The number of carbonyl (C=O) groups is 2. The van der Waals surface area contributed by atoms with E-state index >= 15 is 0 Å². The fourth-order valence-electron chi connectivity index (χ4n) is 3.38. The minimum absolute atomic E-state index is 0.144. The topological polar surface area (TPSA) is 67.9 Å². The third-order valence-electron chi connectivity index (χ3n) is 4.96. The molecule has 2 rings (SSSR count). The second-order valence-electron chi connectivity index (χ2n) is 8.38. The van der Waals surface area contributed by atoms with Crippen LogP contribution in [-0.4, -0.2) is 48.8 Å². The zero-order chi connectivity index (χ0) is 21.1. The SMILES string of the molecule is COC(=O)c1cc(C)c(Cl)c(NC(C)C2CCN(C(=O)OC(C)(C)C)CC2)c1. The Morgan fingerprint density at radius 2 is 1.86 bits per heavy atom. The monoisotopic (exact) mass is 410 g/mol. The average Bonchev–Trinajstić information content (AvgIpc) is 2.63. The van der Waals surface area contributed by atoms with Crippen molar-refractivity contribution < 1.29 is 19.1 Å². The summed E-state index contributed by atoms with van der Waals surface area (Å²) in [5, 5.41) is 4.05. The van der Waals surface area contributed by atoms with Crippen LogP contribution in [0.3, 0.4) is 0 Å². The van der Waals surface area contributed by atoms with Gasteiger partial charge in [-0.1, -0.05) is 11.6 Å². The number of likely N-dealkylation sites (tertiary alicyclic amines) is 1. The maximum absolute atomic E-state index is 12.2. The van der Waals surface area contributed by atoms with Crippen LogP contribution >= 0.6 is 11.6 Å². The maximum Gasteiger partial charge on any atom is 0.410 e. The molecule has 28 heavy (non-hydrogen) atoms. The molecule has 0 aliphatic carbocycles. The van der Waals surface area contributed by atoms with E-state index in [0.29, 0.717) is 29.6 Å². The first-order chi connectivity index (χ1) is 13.0. The highest BCUT2D eigenvalue weighted by molar-refractivity contribution is 6.34. The number of hydrogen-bond acceptors (Lipinski definition) is 5. The third kappa shape index (κ3) is 5.77. The summed E-state index contributed by atoms with van der Waals surface area (Å²) in [5.74, 6) is -0.00187. The van der Waals surface area contributed by atoms with E-state index in [0.717, 1.165) is 24.1 Å². The van der Waals surface area contributed by atoms with Gasteiger partial charge in [-0.15, -0.1) is 0 Å². The number of nitrogens with one attached hydrogen (secondary N) is 1. The van der Waals surface area contributed by atoms with Gasteiger partial charge in [-0.2, -0.15) is 0 Å². The van der Waals surface area contributed by atoms with E-state index in [-0.39, 0.29) is 18.1 Å². The minimum Gasteiger partial charge on any atom is -0.465 e. The molecule has 1 aliphatic rings. The molecule has 6 nitrogen and oxygen atoms in total. The summed E-state index contributed by atoms with van der Waals surface area (Å²) < 4.78 is 10.3. The Bertz CT molecular complexity index is 722. The zero-order valence-electron chi connectivity index (χ0n) is 17.6. The maximum atomic E-state index is 12.2. The molecule has 1 saturated heterocycles. The number of hydrogen-bond donors (Lipinski definition) is 1. The second-order valence-corrected chi connectivity index (χ2v) is 8.76. The largest absolute Gasteiger partial charge is 0.465 e. The van der Waals surface area contributed by atoms with Crippen molar-refractivity contribution in [3.05, 3.63) is 28.3 Å². The summed E-state index contributed by atoms with van der Waals surface area (Å²) in [5.41, 5.74) is 1.53. The molecular weight excluding hydrogens is 380 g/mol. The number of piperidine rings is 1. The number of nitrogens with zero attached hydrogens (tertiary/aromatic N) is 1. The second kappa shape index (κ2) is 9.03. The lowest BCUT2D eigenvalue weighted by Gasteiger charge is -2.36. The van der Waals surface area contributed by atoms with Crippen LogP contribution < -0.4 is 5.32 Å². The Morgan fingerprint density at radius 3 is 2.39 bits per heavy atom. The highest BCUT2D eigenvalue weighted by Gasteiger charge is 2.29. The number of halogens is 1. The van der Waals surface area contributed by atoms with E-state index in [2.05, 4.69) is 12.2 Å². The molecule has 1 aromatic rings. The van der Waals surface area contributed by atoms with E-state index in [1.807, 2.05) is 27.7 Å². The molecule has 1 unspecified atom stereocenters. The van der Waals surface area contributed by atoms with Crippen molar-refractivity contribution in [2.75, 3.05) is 25.5 Å². The number of anilines is 1. The van der Waals surface area contributed by atoms with Gasteiger partial charge in [-0.3, -0.25) is 0 Å². The summed E-state index contributed by atoms with van der Waals surface area (Å²) in [6.07, 6.45) is 1.50. The lowest BCUT2D eigenvalue weighted by atomic mass is 9.90. The van der Waals surface area contributed by atoms with Crippen LogP contribution in [0.4, 0.5) is 10.5 Å². The van der Waals surface area contributed by atoms with Crippen LogP contribution in [0, 0.1) is 12.8 Å². The molecule has 7 heteroatoms. The van der Waals surface area contributed by atoms with E-state index in [1.165, 1.54) is 7.11 Å². The number of ether oxygens (including phenoxy) is 2. The van der Waals surface area contributed by atoms with Gasteiger partial charge in [-0.05, 0) is 71.1 Å². The van der Waals surface area contributed by atoms with Crippen molar-refractivity contribution in [1.82, 2.24) is 4.90 Å². The first kappa shape index (κ1) is 22.3. The molecule has 0 aromatic heterocycles. The predicted octanol–water partition coefficient (Wildman–Crippen LogP) is 4.88. The molecule has 0 radical (unpaired) electrons. The molecule has 0 bridgehead atoms. The molecule has 1 N–H and O–H groups in total. The summed E-state index contributed by atoms with van der Waals surface area (Å²) in [7, 11) is 1.36. The van der Waals surface area contributed by atoms with Gasteiger partial charge >= 0.3 is 12.1 Å². The Kier molecular flexibility index (Phi) is 7.21. The van der Waals surface area contributed by atoms with Gasteiger partial charge in [0.05, 0.1) is 23.4 Å². The van der Waals surface area contributed by atoms with Crippen LogP contribution in [0.25, 0.3) is 0 Å². The molecule has 1 heterocycles. The summed E-state index contributed by atoms with van der Waals surface area (Å²) in [6.45, 7) is 10.9. The van der Waals surface area contributed by atoms with Crippen molar-refractivity contribution >= 4 is 29.4 Å². The van der Waals surface area contributed by atoms with Gasteiger partial charge in [0.25, 0.3) is 0 Å². The summed E-state index contributed by atoms with van der Waals surface area (Å²) >= 11 is 6.44. The number of benzene rings is 1. The highest BCUT2D eigenvalue weighted by atomic mass is 35.5. The van der Waals surface area contributed by atoms with Gasteiger partial charge in [0.2, 0.25) is 0 Å². The molecule has 0 spiro atoms. The Morgan fingerprint density at radius 1 is 1.25 bits per heavy atom. The first-order valence-corrected chi connectivity index (χ1v) is 10.0. The summed E-state index contributed by atoms with van der Waals surface area (Å²) in [6, 6.07) is 3.60. The quantitative estimate of drug-likeness (QED) is 0.716. The fraction of sp³-hybridized carbons (Fsp3) is 0.619. The lowest BCUT2D eigenvalue weighted by molar-refractivity contribution is 0.0179. The molecule has 1 fully saturated rings. The predicted molar refractivity (Wildman–Crippen MR) is 111 cm³/mol. The van der Waals surface area contributed by atoms with Gasteiger partial charge in [0, 0.05) is 19.1 Å². The molecule has 1 amide bonds. The van der Waals surface area contributed by atoms with E-state index < -0.39 is 5.60 Å². The van der Waals surface area contributed by atoms with E-state index in [1.54, 1.807) is 17.0 Å². The fourth-order valence-corrected chi connectivity index (χ4v) is 3.55. The Hall–Kier alpha value is -1.95. The third-order valence-corrected chi connectivity index (χ3v) is 5.46. The molecule has 1 aromatic carbocycles. The van der Waals surface area contributed by atoms with Crippen molar-refractivity contribution in [2.24, 2.45) is 5.92 Å². The van der Waals surface area contributed by atoms with Gasteiger partial charge in [0.15, 0.2) is 0 Å². The van der Waals surface area contributed by atoms with Crippen molar-refractivity contribution in [3.63, 3.8) is 0 Å². The van der Waals surface area contributed by atoms with Gasteiger partial charge in [0.1, 0.15) is 5.60 Å². The number of amides is 1.